The zero-order chi connectivity index (χ0) is 20.2. The maximum Gasteiger partial charge on any atom is 0.251 e. The minimum Gasteiger partial charge on any atom is -0.354 e. The Kier molecular flexibility index (Phi) is 6.02. The number of aryl methyl sites for hydroxylation is 1. The number of hydrogen-bond acceptors (Lipinski definition) is 4. The molecule has 0 aliphatic carbocycles. The zero-order valence-corrected chi connectivity index (χ0v) is 17.4. The number of aromatic nitrogens is 1. The molecule has 5 nitrogen and oxygen atoms in total. The summed E-state index contributed by atoms with van der Waals surface area (Å²) in [5.41, 5.74) is 3.65. The van der Waals surface area contributed by atoms with Crippen molar-refractivity contribution < 1.29 is 4.79 Å². The van der Waals surface area contributed by atoms with Crippen molar-refractivity contribution in [1.29, 1.82) is 0 Å². The standard InChI is InChI=1S/C23H25N3O2S/c1-25-20-9-5-4-8-19(20)21(14-23(25)28)29-16-22(27)24-11-13-26-12-10-17-6-2-3-7-18(17)15-26/h2-9,14H,10-13,15-16H2,1H3,(H,24,27). The third-order valence-electron chi connectivity index (χ3n) is 5.43. The molecule has 0 atom stereocenters. The quantitative estimate of drug-likeness (QED) is 0.639. The van der Waals surface area contributed by atoms with Gasteiger partial charge < -0.3 is 9.88 Å². The molecule has 2 aromatic carbocycles. The lowest BCUT2D eigenvalue weighted by Crippen LogP contribution is -2.38. The highest BCUT2D eigenvalue weighted by Gasteiger charge is 2.15. The number of hydrogen-bond donors (Lipinski definition) is 1. The van der Waals surface area contributed by atoms with Crippen LogP contribution in [0.25, 0.3) is 10.9 Å². The van der Waals surface area contributed by atoms with E-state index < -0.39 is 0 Å². The van der Waals surface area contributed by atoms with Gasteiger partial charge in [-0.15, -0.1) is 11.8 Å². The molecule has 3 aromatic rings. The third-order valence-corrected chi connectivity index (χ3v) is 6.49. The van der Waals surface area contributed by atoms with E-state index in [4.69, 9.17) is 0 Å². The molecule has 0 fully saturated rings. The Hall–Kier alpha value is -2.57. The molecule has 150 valence electrons. The van der Waals surface area contributed by atoms with Crippen LogP contribution in [0, 0.1) is 0 Å². The van der Waals surface area contributed by atoms with Crippen LogP contribution < -0.4 is 10.9 Å². The van der Waals surface area contributed by atoms with Crippen LogP contribution in [-0.4, -0.2) is 40.8 Å². The molecular weight excluding hydrogens is 382 g/mol. The fourth-order valence-corrected chi connectivity index (χ4v) is 4.69. The molecule has 0 saturated heterocycles. The lowest BCUT2D eigenvalue weighted by atomic mass is 10.00. The molecule has 1 aliphatic rings. The molecule has 29 heavy (non-hydrogen) atoms. The van der Waals surface area contributed by atoms with Crippen molar-refractivity contribution in [1.82, 2.24) is 14.8 Å². The number of thioether (sulfide) groups is 1. The minimum atomic E-state index is -0.0583. The first-order valence-corrected chi connectivity index (χ1v) is 10.9. The Balaban J connectivity index is 1.29. The molecule has 1 amide bonds. The summed E-state index contributed by atoms with van der Waals surface area (Å²) in [6.07, 6.45) is 1.07. The maximum atomic E-state index is 12.3. The van der Waals surface area contributed by atoms with E-state index in [0.717, 1.165) is 41.9 Å². The van der Waals surface area contributed by atoms with E-state index in [1.807, 2.05) is 24.3 Å². The molecule has 1 N–H and O–H groups in total. The number of nitrogens with zero attached hydrogens (tertiary/aromatic N) is 2. The first-order valence-electron chi connectivity index (χ1n) is 9.89. The number of rotatable bonds is 6. The Morgan fingerprint density at radius 3 is 2.72 bits per heavy atom. The summed E-state index contributed by atoms with van der Waals surface area (Å²) < 4.78 is 1.64. The summed E-state index contributed by atoms with van der Waals surface area (Å²) in [5.74, 6) is 0.303. The van der Waals surface area contributed by atoms with Crippen LogP contribution in [0.1, 0.15) is 11.1 Å². The third kappa shape index (κ3) is 4.54. The monoisotopic (exact) mass is 407 g/mol. The van der Waals surface area contributed by atoms with Crippen molar-refractivity contribution >= 4 is 28.6 Å². The van der Waals surface area contributed by atoms with E-state index in [0.29, 0.717) is 12.3 Å². The molecule has 0 bridgehead atoms. The average Bonchev–Trinajstić information content (AvgIpc) is 2.75. The molecule has 1 aromatic heterocycles. The van der Waals surface area contributed by atoms with E-state index in [1.165, 1.54) is 22.9 Å². The first kappa shape index (κ1) is 19.7. The van der Waals surface area contributed by atoms with Crippen LogP contribution in [-0.2, 0) is 24.8 Å². The topological polar surface area (TPSA) is 54.3 Å². The molecule has 0 radical (unpaired) electrons. The van der Waals surface area contributed by atoms with E-state index in [9.17, 15) is 9.59 Å². The van der Waals surface area contributed by atoms with Gasteiger partial charge >= 0.3 is 0 Å². The van der Waals surface area contributed by atoms with Crippen molar-refractivity contribution in [3.8, 4) is 0 Å². The Morgan fingerprint density at radius 2 is 1.86 bits per heavy atom. The summed E-state index contributed by atoms with van der Waals surface area (Å²) in [4.78, 5) is 27.7. The number of amides is 1. The second-order valence-corrected chi connectivity index (χ2v) is 8.37. The largest absolute Gasteiger partial charge is 0.354 e. The van der Waals surface area contributed by atoms with Gasteiger partial charge in [0, 0.05) is 49.6 Å². The fraction of sp³-hybridized carbons (Fsp3) is 0.304. The number of pyridine rings is 1. The van der Waals surface area contributed by atoms with Crippen LogP contribution >= 0.6 is 11.8 Å². The normalized spacial score (nSPS) is 14.0. The first-order chi connectivity index (χ1) is 14.1. The molecule has 0 unspecified atom stereocenters. The predicted octanol–water partition coefficient (Wildman–Crippen LogP) is 2.81. The number of carbonyl (C=O) groups excluding carboxylic acids is 1. The van der Waals surface area contributed by atoms with Gasteiger partial charge in [-0.05, 0) is 23.6 Å². The lowest BCUT2D eigenvalue weighted by molar-refractivity contribution is -0.118. The van der Waals surface area contributed by atoms with Gasteiger partial charge in [-0.25, -0.2) is 0 Å². The van der Waals surface area contributed by atoms with Gasteiger partial charge in [-0.1, -0.05) is 42.5 Å². The van der Waals surface area contributed by atoms with Crippen LogP contribution in [0.15, 0.2) is 64.3 Å². The van der Waals surface area contributed by atoms with Gasteiger partial charge in [0.15, 0.2) is 0 Å². The number of benzene rings is 2. The van der Waals surface area contributed by atoms with Crippen molar-refractivity contribution in [3.63, 3.8) is 0 Å². The molecule has 1 aliphatic heterocycles. The Labute approximate surface area is 174 Å². The number of para-hydroxylation sites is 1. The SMILES string of the molecule is Cn1c(=O)cc(SCC(=O)NCCN2CCc3ccccc3C2)c2ccccc21. The number of nitrogens with one attached hydrogen (secondary N) is 1. The summed E-state index contributed by atoms with van der Waals surface area (Å²) in [5, 5.41) is 4.01. The van der Waals surface area contributed by atoms with Crippen molar-refractivity contribution in [2.45, 2.75) is 17.9 Å². The van der Waals surface area contributed by atoms with Gasteiger partial charge in [-0.3, -0.25) is 14.5 Å². The minimum absolute atomic E-state index is 0.00262. The van der Waals surface area contributed by atoms with Crippen molar-refractivity contribution in [2.75, 3.05) is 25.4 Å². The number of fused-ring (bicyclic) bond motifs is 2. The molecule has 4 rings (SSSR count). The summed E-state index contributed by atoms with van der Waals surface area (Å²) in [7, 11) is 1.77. The van der Waals surface area contributed by atoms with E-state index in [2.05, 4.69) is 34.5 Å². The molecule has 0 saturated carbocycles. The lowest BCUT2D eigenvalue weighted by Gasteiger charge is -2.28. The van der Waals surface area contributed by atoms with Crippen molar-refractivity contribution in [3.05, 3.63) is 76.1 Å². The summed E-state index contributed by atoms with van der Waals surface area (Å²) in [6, 6.07) is 18.0. The zero-order valence-electron chi connectivity index (χ0n) is 16.6. The number of carbonyl (C=O) groups is 1. The van der Waals surface area contributed by atoms with Crippen LogP contribution in [0.3, 0.4) is 0 Å². The predicted molar refractivity (Wildman–Crippen MR) is 118 cm³/mol. The smallest absolute Gasteiger partial charge is 0.251 e. The van der Waals surface area contributed by atoms with Gasteiger partial charge in [0.2, 0.25) is 5.91 Å². The second-order valence-electron chi connectivity index (χ2n) is 7.36. The van der Waals surface area contributed by atoms with E-state index in [1.54, 1.807) is 17.7 Å². The summed E-state index contributed by atoms with van der Waals surface area (Å²) >= 11 is 1.42. The van der Waals surface area contributed by atoms with Crippen LogP contribution in [0.2, 0.25) is 0 Å². The highest BCUT2D eigenvalue weighted by molar-refractivity contribution is 8.00. The highest BCUT2D eigenvalue weighted by atomic mass is 32.2. The Bertz CT molecular complexity index is 1090. The Morgan fingerprint density at radius 1 is 1.10 bits per heavy atom. The highest BCUT2D eigenvalue weighted by Crippen LogP contribution is 2.25. The fourth-order valence-electron chi connectivity index (χ4n) is 3.79. The summed E-state index contributed by atoms with van der Waals surface area (Å²) in [6.45, 7) is 3.46. The average molecular weight is 408 g/mol. The van der Waals surface area contributed by atoms with Gasteiger partial charge in [0.25, 0.3) is 5.56 Å². The van der Waals surface area contributed by atoms with Crippen LogP contribution in [0.4, 0.5) is 0 Å². The molecule has 2 heterocycles. The van der Waals surface area contributed by atoms with Gasteiger partial charge in [-0.2, -0.15) is 0 Å². The molecule has 6 heteroatoms. The molecule has 0 spiro atoms. The van der Waals surface area contributed by atoms with E-state index >= 15 is 0 Å². The van der Waals surface area contributed by atoms with Crippen molar-refractivity contribution in [2.24, 2.45) is 7.05 Å². The maximum absolute atomic E-state index is 12.3. The second kappa shape index (κ2) is 8.84. The van der Waals surface area contributed by atoms with Crippen LogP contribution in [0.5, 0.6) is 0 Å². The molecular formula is C23H25N3O2S. The van der Waals surface area contributed by atoms with Gasteiger partial charge in [0.1, 0.15) is 0 Å². The van der Waals surface area contributed by atoms with E-state index in [-0.39, 0.29) is 11.5 Å². The van der Waals surface area contributed by atoms with Gasteiger partial charge in [0.05, 0.1) is 11.3 Å².